The van der Waals surface area contributed by atoms with Crippen LogP contribution in [0.4, 0.5) is 18.7 Å². The van der Waals surface area contributed by atoms with Crippen LogP contribution in [0, 0.1) is 18.6 Å². The van der Waals surface area contributed by atoms with E-state index >= 15 is 0 Å². The van der Waals surface area contributed by atoms with Gasteiger partial charge in [0.2, 0.25) is 0 Å². The number of hydrazone groups is 1. The van der Waals surface area contributed by atoms with Crippen molar-refractivity contribution in [1.82, 2.24) is 15.7 Å². The van der Waals surface area contributed by atoms with Crippen molar-refractivity contribution < 1.29 is 23.2 Å². The molecule has 1 heterocycles. The van der Waals surface area contributed by atoms with Gasteiger partial charge in [0.05, 0.1) is 11.9 Å². The van der Waals surface area contributed by atoms with Crippen molar-refractivity contribution in [3.8, 4) is 0 Å². The van der Waals surface area contributed by atoms with E-state index < -0.39 is 35.0 Å². The largest absolute Gasteiger partial charge is 0.330 e. The Labute approximate surface area is 195 Å². The van der Waals surface area contributed by atoms with Gasteiger partial charge in [-0.05, 0) is 25.1 Å². The van der Waals surface area contributed by atoms with Gasteiger partial charge in [-0.25, -0.2) is 24.0 Å². The number of halogens is 3. The number of amides is 4. The molecule has 0 saturated heterocycles. The number of carbonyl (C=O) groups is 3. The molecular formula is C21H16ClF2N5O3S. The third kappa shape index (κ3) is 5.57. The third-order valence-electron chi connectivity index (χ3n) is 4.27. The Morgan fingerprint density at radius 3 is 2.42 bits per heavy atom. The zero-order chi connectivity index (χ0) is 24.1. The quantitative estimate of drug-likeness (QED) is 0.413. The highest BCUT2D eigenvalue weighted by Gasteiger charge is 2.24. The monoisotopic (exact) mass is 491 g/mol. The predicted octanol–water partition coefficient (Wildman–Crippen LogP) is 4.13. The van der Waals surface area contributed by atoms with Gasteiger partial charge in [0.1, 0.15) is 22.1 Å². The maximum atomic E-state index is 13.8. The number of thiazole rings is 1. The molecule has 3 rings (SSSR count). The lowest BCUT2D eigenvalue weighted by atomic mass is 10.2. The van der Waals surface area contributed by atoms with E-state index in [9.17, 15) is 23.2 Å². The van der Waals surface area contributed by atoms with Crippen LogP contribution in [-0.2, 0) is 0 Å². The fourth-order valence-corrected chi connectivity index (χ4v) is 3.67. The fourth-order valence-electron chi connectivity index (χ4n) is 2.57. The average Bonchev–Trinajstić information content (AvgIpc) is 3.16. The van der Waals surface area contributed by atoms with Gasteiger partial charge < -0.3 is 0 Å². The second-order valence-corrected chi connectivity index (χ2v) is 7.93. The first-order valence-corrected chi connectivity index (χ1v) is 10.5. The van der Waals surface area contributed by atoms with Gasteiger partial charge in [0.15, 0.2) is 5.13 Å². The molecule has 0 spiro atoms. The number of rotatable bonds is 5. The molecule has 2 N–H and O–H groups in total. The van der Waals surface area contributed by atoms with Crippen molar-refractivity contribution in [2.75, 3.05) is 11.9 Å². The van der Waals surface area contributed by atoms with E-state index in [1.807, 2.05) is 5.32 Å². The molecule has 170 valence electrons. The summed E-state index contributed by atoms with van der Waals surface area (Å²) in [7, 11) is 1.29. The number of urea groups is 1. The van der Waals surface area contributed by atoms with Crippen molar-refractivity contribution in [3.63, 3.8) is 0 Å². The van der Waals surface area contributed by atoms with Crippen LogP contribution in [0.3, 0.4) is 0 Å². The van der Waals surface area contributed by atoms with E-state index in [2.05, 4.69) is 15.5 Å². The lowest BCUT2D eigenvalue weighted by Crippen LogP contribution is -2.41. The summed E-state index contributed by atoms with van der Waals surface area (Å²) in [5.74, 6) is -4.03. The van der Waals surface area contributed by atoms with Gasteiger partial charge in [-0.3, -0.25) is 19.8 Å². The summed E-state index contributed by atoms with van der Waals surface area (Å²) >= 11 is 6.89. The molecule has 0 atom stereocenters. The average molecular weight is 492 g/mol. The Balaban J connectivity index is 1.68. The molecule has 0 saturated carbocycles. The minimum atomic E-state index is -1.25. The van der Waals surface area contributed by atoms with Crippen LogP contribution < -0.4 is 15.6 Å². The number of hydrogen-bond donors (Lipinski definition) is 2. The maximum absolute atomic E-state index is 13.8. The van der Waals surface area contributed by atoms with Gasteiger partial charge in [-0.15, -0.1) is 0 Å². The maximum Gasteiger partial charge on any atom is 0.330 e. The summed E-state index contributed by atoms with van der Waals surface area (Å²) in [6.07, 6.45) is 1.38. The number of nitrogens with one attached hydrogen (secondary N) is 2. The van der Waals surface area contributed by atoms with E-state index in [-0.39, 0.29) is 10.0 Å². The molecule has 3 aromatic rings. The molecule has 0 aliphatic rings. The van der Waals surface area contributed by atoms with Crippen LogP contribution in [0.2, 0.25) is 5.02 Å². The predicted molar refractivity (Wildman–Crippen MR) is 121 cm³/mol. The summed E-state index contributed by atoms with van der Waals surface area (Å²) in [4.78, 5) is 42.2. The van der Waals surface area contributed by atoms with Crippen LogP contribution in [0.1, 0.15) is 31.3 Å². The number of aryl methyl sites for hydroxylation is 1. The zero-order valence-corrected chi connectivity index (χ0v) is 18.8. The first kappa shape index (κ1) is 24.0. The van der Waals surface area contributed by atoms with Gasteiger partial charge >= 0.3 is 6.03 Å². The number of nitrogens with zero attached hydrogens (tertiary/aromatic N) is 3. The number of benzene rings is 2. The molecule has 1 aromatic heterocycles. The molecule has 4 amide bonds. The van der Waals surface area contributed by atoms with Gasteiger partial charge in [-0.1, -0.05) is 47.2 Å². The summed E-state index contributed by atoms with van der Waals surface area (Å²) in [6, 6.07) is 8.82. The van der Waals surface area contributed by atoms with Gasteiger partial charge in [-0.2, -0.15) is 5.10 Å². The Morgan fingerprint density at radius 1 is 1.09 bits per heavy atom. The van der Waals surface area contributed by atoms with E-state index in [4.69, 9.17) is 11.6 Å². The molecule has 0 bridgehead atoms. The fraction of sp³-hybridized carbons (Fsp3) is 0.0952. The van der Waals surface area contributed by atoms with E-state index in [1.54, 1.807) is 31.2 Å². The van der Waals surface area contributed by atoms with Gasteiger partial charge in [0.25, 0.3) is 11.8 Å². The zero-order valence-electron chi connectivity index (χ0n) is 17.2. The standard InChI is InChI=1S/C21H16ClF2N5O3S/c1-11-17(19(31)28-25-10-12-6-3-4-7-13(12)22)33-21(26-11)29(2)20(32)27-18(30)16-14(23)8-5-9-15(16)24/h3-10H,1-2H3,(H,28,31)(H,27,30,32)/b25-10+. The number of anilines is 1. The minimum absolute atomic E-state index is 0.0760. The number of imide groups is 1. The smallest absolute Gasteiger partial charge is 0.273 e. The van der Waals surface area contributed by atoms with Gasteiger partial charge in [0, 0.05) is 17.6 Å². The van der Waals surface area contributed by atoms with E-state index in [1.165, 1.54) is 13.3 Å². The number of aromatic nitrogens is 1. The lowest BCUT2D eigenvalue weighted by molar-refractivity contribution is 0.0948. The molecule has 33 heavy (non-hydrogen) atoms. The van der Waals surface area contributed by atoms with Crippen molar-refractivity contribution in [2.45, 2.75) is 6.92 Å². The van der Waals surface area contributed by atoms with Crippen molar-refractivity contribution in [3.05, 3.63) is 80.8 Å². The minimum Gasteiger partial charge on any atom is -0.273 e. The Morgan fingerprint density at radius 2 is 1.76 bits per heavy atom. The molecule has 0 unspecified atom stereocenters. The van der Waals surface area contributed by atoms with Crippen LogP contribution in [0.25, 0.3) is 0 Å². The third-order valence-corrected chi connectivity index (χ3v) is 5.85. The van der Waals surface area contributed by atoms with Crippen molar-refractivity contribution in [1.29, 1.82) is 0 Å². The number of carbonyl (C=O) groups excluding carboxylic acids is 3. The second-order valence-electron chi connectivity index (χ2n) is 6.55. The first-order valence-electron chi connectivity index (χ1n) is 9.27. The molecule has 12 heteroatoms. The van der Waals surface area contributed by atoms with Crippen LogP contribution in [0.15, 0.2) is 47.6 Å². The van der Waals surface area contributed by atoms with E-state index in [0.717, 1.165) is 34.4 Å². The summed E-state index contributed by atoms with van der Waals surface area (Å²) < 4.78 is 27.5. The van der Waals surface area contributed by atoms with Crippen LogP contribution >= 0.6 is 22.9 Å². The highest BCUT2D eigenvalue weighted by Crippen LogP contribution is 2.25. The molecule has 0 fully saturated rings. The first-order chi connectivity index (χ1) is 15.7. The molecule has 2 aromatic carbocycles. The number of hydrogen-bond acceptors (Lipinski definition) is 6. The highest BCUT2D eigenvalue weighted by molar-refractivity contribution is 7.17. The topological polar surface area (TPSA) is 104 Å². The van der Waals surface area contributed by atoms with Crippen molar-refractivity contribution in [2.24, 2.45) is 5.10 Å². The van der Waals surface area contributed by atoms with Crippen LogP contribution in [0.5, 0.6) is 0 Å². The van der Waals surface area contributed by atoms with E-state index in [0.29, 0.717) is 16.3 Å². The lowest BCUT2D eigenvalue weighted by Gasteiger charge is -2.14. The summed E-state index contributed by atoms with van der Waals surface area (Å²) in [5, 5.41) is 6.29. The normalized spacial score (nSPS) is 10.8. The molecule has 0 radical (unpaired) electrons. The molecule has 8 nitrogen and oxygen atoms in total. The Hall–Kier alpha value is -3.70. The SMILES string of the molecule is Cc1nc(N(C)C(=O)NC(=O)c2c(F)cccc2F)sc1C(=O)N/N=C/c1ccccc1Cl. The molecule has 0 aliphatic carbocycles. The second kappa shape index (κ2) is 10.3. The Bertz CT molecular complexity index is 1240. The summed E-state index contributed by atoms with van der Waals surface area (Å²) in [6.45, 7) is 1.55. The molecular weight excluding hydrogens is 476 g/mol. The summed E-state index contributed by atoms with van der Waals surface area (Å²) in [5.41, 5.74) is 2.38. The van der Waals surface area contributed by atoms with Crippen molar-refractivity contribution >= 4 is 52.1 Å². The Kier molecular flexibility index (Phi) is 7.46. The van der Waals surface area contributed by atoms with Crippen LogP contribution in [-0.4, -0.2) is 36.1 Å². The highest BCUT2D eigenvalue weighted by atomic mass is 35.5. The molecule has 0 aliphatic heterocycles.